The van der Waals surface area contributed by atoms with Crippen LogP contribution in [0.5, 0.6) is 0 Å². The highest BCUT2D eigenvalue weighted by atomic mass is 32.1. The molecule has 0 bridgehead atoms. The van der Waals surface area contributed by atoms with Crippen LogP contribution in [0.1, 0.15) is 22.5 Å². The first kappa shape index (κ1) is 13.4. The quantitative estimate of drug-likeness (QED) is 0.841. The van der Waals surface area contributed by atoms with E-state index in [0.717, 1.165) is 28.2 Å². The van der Waals surface area contributed by atoms with Crippen LogP contribution in [-0.4, -0.2) is 15.0 Å². The summed E-state index contributed by atoms with van der Waals surface area (Å²) in [7, 11) is 0. The Morgan fingerprint density at radius 1 is 1.21 bits per heavy atom. The predicted octanol–water partition coefficient (Wildman–Crippen LogP) is 2.78. The second kappa shape index (κ2) is 5.32. The van der Waals surface area contributed by atoms with Gasteiger partial charge in [-0.3, -0.25) is 4.98 Å². The van der Waals surface area contributed by atoms with Crippen LogP contribution in [0.4, 0.5) is 11.5 Å². The fraction of sp³-hybridized carbons (Fsp3) is 0.214. The molecule has 0 fully saturated rings. The molecule has 0 saturated carbocycles. The van der Waals surface area contributed by atoms with Gasteiger partial charge in [0.25, 0.3) is 0 Å². The number of aryl methyl sites for hydroxylation is 3. The summed E-state index contributed by atoms with van der Waals surface area (Å²) >= 11 is 5.10. The van der Waals surface area contributed by atoms with Crippen molar-refractivity contribution in [3.05, 3.63) is 46.9 Å². The molecule has 0 aliphatic carbocycles. The summed E-state index contributed by atoms with van der Waals surface area (Å²) in [6.07, 6.45) is 1.76. The van der Waals surface area contributed by atoms with Crippen molar-refractivity contribution in [2.45, 2.75) is 20.8 Å². The molecular weight excluding hydrogens is 256 g/mol. The molecule has 5 heteroatoms. The van der Waals surface area contributed by atoms with Crippen molar-refractivity contribution in [3.63, 3.8) is 0 Å². The molecule has 0 aromatic carbocycles. The van der Waals surface area contributed by atoms with Crippen molar-refractivity contribution in [2.24, 2.45) is 5.73 Å². The average molecular weight is 272 g/mol. The molecule has 2 aromatic heterocycles. The van der Waals surface area contributed by atoms with E-state index in [0.29, 0.717) is 10.8 Å². The van der Waals surface area contributed by atoms with Gasteiger partial charge in [-0.1, -0.05) is 12.2 Å². The maximum atomic E-state index is 5.78. The lowest BCUT2D eigenvalue weighted by Crippen LogP contribution is -2.15. The lowest BCUT2D eigenvalue weighted by atomic mass is 10.1. The molecule has 0 spiro atoms. The van der Waals surface area contributed by atoms with Gasteiger partial charge in [-0.2, -0.15) is 0 Å². The minimum atomic E-state index is 0.340. The topological polar surface area (TPSA) is 63.8 Å². The monoisotopic (exact) mass is 272 g/mol. The first-order valence-corrected chi connectivity index (χ1v) is 6.36. The Morgan fingerprint density at radius 3 is 2.53 bits per heavy atom. The van der Waals surface area contributed by atoms with E-state index in [9.17, 15) is 0 Å². The standard InChI is InChI=1S/C14H16N4S/c1-8-6-10(3)17-14(12(8)13(15)19)18-11-5-4-9(2)16-7-11/h4-7H,1-3H3,(H2,15,19)(H,17,18). The Labute approximate surface area is 118 Å². The normalized spacial score (nSPS) is 10.3. The number of pyridine rings is 2. The van der Waals surface area contributed by atoms with Gasteiger partial charge in [0.1, 0.15) is 10.8 Å². The van der Waals surface area contributed by atoms with Gasteiger partial charge in [0, 0.05) is 11.4 Å². The Bertz CT molecular complexity index is 620. The minimum Gasteiger partial charge on any atom is -0.389 e. The SMILES string of the molecule is Cc1ccc(Nc2nc(C)cc(C)c2C(N)=S)cn1. The molecule has 2 rings (SSSR count). The van der Waals surface area contributed by atoms with Gasteiger partial charge >= 0.3 is 0 Å². The lowest BCUT2D eigenvalue weighted by molar-refractivity contribution is 1.15. The van der Waals surface area contributed by atoms with E-state index in [1.807, 2.05) is 39.0 Å². The van der Waals surface area contributed by atoms with Crippen LogP contribution in [-0.2, 0) is 0 Å². The zero-order valence-electron chi connectivity index (χ0n) is 11.2. The van der Waals surface area contributed by atoms with Gasteiger partial charge in [-0.15, -0.1) is 0 Å². The fourth-order valence-electron chi connectivity index (χ4n) is 1.92. The van der Waals surface area contributed by atoms with Gasteiger partial charge in [0.2, 0.25) is 0 Å². The van der Waals surface area contributed by atoms with Crippen molar-refractivity contribution in [1.82, 2.24) is 9.97 Å². The van der Waals surface area contributed by atoms with E-state index in [1.165, 1.54) is 0 Å². The smallest absolute Gasteiger partial charge is 0.141 e. The van der Waals surface area contributed by atoms with Crippen molar-refractivity contribution < 1.29 is 0 Å². The van der Waals surface area contributed by atoms with E-state index >= 15 is 0 Å². The molecule has 2 aromatic rings. The number of nitrogens with one attached hydrogen (secondary N) is 1. The summed E-state index contributed by atoms with van der Waals surface area (Å²) in [4.78, 5) is 9.05. The summed E-state index contributed by atoms with van der Waals surface area (Å²) < 4.78 is 0. The van der Waals surface area contributed by atoms with Gasteiger partial charge in [0.05, 0.1) is 17.4 Å². The van der Waals surface area contributed by atoms with E-state index in [-0.39, 0.29) is 0 Å². The Kier molecular flexibility index (Phi) is 3.76. The van der Waals surface area contributed by atoms with E-state index in [2.05, 4.69) is 15.3 Å². The molecule has 19 heavy (non-hydrogen) atoms. The van der Waals surface area contributed by atoms with Crippen molar-refractivity contribution in [1.29, 1.82) is 0 Å². The van der Waals surface area contributed by atoms with E-state index in [4.69, 9.17) is 18.0 Å². The second-order valence-corrected chi connectivity index (χ2v) is 4.92. The number of thiocarbonyl (C=S) groups is 1. The van der Waals surface area contributed by atoms with Crippen LogP contribution in [0.3, 0.4) is 0 Å². The number of hydrogen-bond donors (Lipinski definition) is 2. The third kappa shape index (κ3) is 3.06. The van der Waals surface area contributed by atoms with E-state index < -0.39 is 0 Å². The average Bonchev–Trinajstić information content (AvgIpc) is 2.30. The van der Waals surface area contributed by atoms with Crippen LogP contribution in [0.2, 0.25) is 0 Å². The Balaban J connectivity index is 2.44. The van der Waals surface area contributed by atoms with Gasteiger partial charge < -0.3 is 11.1 Å². The van der Waals surface area contributed by atoms with Gasteiger partial charge in [-0.05, 0) is 44.5 Å². The number of hydrogen-bond acceptors (Lipinski definition) is 4. The maximum Gasteiger partial charge on any atom is 0.141 e. The molecule has 98 valence electrons. The van der Waals surface area contributed by atoms with Gasteiger partial charge in [-0.25, -0.2) is 4.98 Å². The van der Waals surface area contributed by atoms with Crippen LogP contribution in [0.25, 0.3) is 0 Å². The Hall–Kier alpha value is -2.01. The maximum absolute atomic E-state index is 5.78. The number of nitrogens with zero attached hydrogens (tertiary/aromatic N) is 2. The third-order valence-electron chi connectivity index (χ3n) is 2.77. The summed E-state index contributed by atoms with van der Waals surface area (Å²) in [6, 6.07) is 5.85. The highest BCUT2D eigenvalue weighted by Crippen LogP contribution is 2.22. The van der Waals surface area contributed by atoms with Crippen LogP contribution in [0.15, 0.2) is 24.4 Å². The summed E-state index contributed by atoms with van der Waals surface area (Å²) in [5.74, 6) is 0.677. The van der Waals surface area contributed by atoms with E-state index in [1.54, 1.807) is 6.20 Å². The van der Waals surface area contributed by atoms with Crippen LogP contribution < -0.4 is 11.1 Å². The lowest BCUT2D eigenvalue weighted by Gasteiger charge is -2.13. The molecule has 0 amide bonds. The van der Waals surface area contributed by atoms with Gasteiger partial charge in [0.15, 0.2) is 0 Å². The molecule has 0 unspecified atom stereocenters. The van der Waals surface area contributed by atoms with Crippen LogP contribution >= 0.6 is 12.2 Å². The third-order valence-corrected chi connectivity index (χ3v) is 2.97. The molecular formula is C14H16N4S. The molecule has 2 heterocycles. The van der Waals surface area contributed by atoms with Crippen LogP contribution in [0, 0.1) is 20.8 Å². The predicted molar refractivity (Wildman–Crippen MR) is 81.9 cm³/mol. The number of aromatic nitrogens is 2. The molecule has 3 N–H and O–H groups in total. The highest BCUT2D eigenvalue weighted by Gasteiger charge is 2.11. The summed E-state index contributed by atoms with van der Waals surface area (Å²) in [5, 5.41) is 3.22. The molecule has 0 atom stereocenters. The number of rotatable bonds is 3. The highest BCUT2D eigenvalue weighted by molar-refractivity contribution is 7.80. The number of anilines is 2. The van der Waals surface area contributed by atoms with Crippen molar-refractivity contribution >= 4 is 28.7 Å². The zero-order chi connectivity index (χ0) is 14.0. The minimum absolute atomic E-state index is 0.340. The summed E-state index contributed by atoms with van der Waals surface area (Å²) in [6.45, 7) is 5.86. The largest absolute Gasteiger partial charge is 0.389 e. The van der Waals surface area contributed by atoms with Crippen molar-refractivity contribution in [2.75, 3.05) is 5.32 Å². The molecule has 0 aliphatic rings. The first-order valence-electron chi connectivity index (χ1n) is 5.95. The fourth-order valence-corrected chi connectivity index (χ4v) is 2.17. The first-order chi connectivity index (χ1) is 8.97. The van der Waals surface area contributed by atoms with Crippen molar-refractivity contribution in [3.8, 4) is 0 Å². The second-order valence-electron chi connectivity index (χ2n) is 4.48. The molecule has 0 saturated heterocycles. The Morgan fingerprint density at radius 2 is 1.95 bits per heavy atom. The number of nitrogens with two attached hydrogens (primary N) is 1. The molecule has 4 nitrogen and oxygen atoms in total. The summed E-state index contributed by atoms with van der Waals surface area (Å²) in [5.41, 5.74) is 10.3. The zero-order valence-corrected chi connectivity index (χ0v) is 12.0. The molecule has 0 aliphatic heterocycles. The molecule has 0 radical (unpaired) electrons.